The fourth-order valence-electron chi connectivity index (χ4n) is 2.23. The molecule has 0 fully saturated rings. The van der Waals surface area contributed by atoms with E-state index in [1.54, 1.807) is 25.3 Å². The van der Waals surface area contributed by atoms with Crippen LogP contribution in [0, 0.1) is 18.6 Å². The molecular weight excluding hydrogens is 403 g/mol. The summed E-state index contributed by atoms with van der Waals surface area (Å²) in [6.07, 6.45) is -4.50. The lowest BCUT2D eigenvalue weighted by Crippen LogP contribution is -2.16. The molecule has 2 aromatic heterocycles. The van der Waals surface area contributed by atoms with Gasteiger partial charge in [-0.3, -0.25) is 10.3 Å². The van der Waals surface area contributed by atoms with Crippen LogP contribution in [0.4, 0.5) is 32.4 Å². The fraction of sp³-hybridized carbons (Fsp3) is 0.176. The number of alkyl halides is 3. The molecule has 2 heterocycles. The predicted octanol–water partition coefficient (Wildman–Crippen LogP) is 4.49. The molecule has 0 atom stereocenters. The topological polar surface area (TPSA) is 90.1 Å². The summed E-state index contributed by atoms with van der Waals surface area (Å²) >= 11 is 0. The normalized spacial score (nSPS) is 11.4. The number of pyridine rings is 1. The Morgan fingerprint density at radius 3 is 2.52 bits per heavy atom. The molecule has 3 rings (SSSR count). The highest BCUT2D eigenvalue weighted by Gasteiger charge is 2.38. The number of aryl methyl sites for hydroxylation is 1. The molecule has 0 bridgehead atoms. The second kappa shape index (κ2) is 7.81. The first kappa shape index (κ1) is 20.2. The van der Waals surface area contributed by atoms with Crippen LogP contribution in [-0.2, 0) is 17.5 Å². The minimum Gasteiger partial charge on any atom is -0.444 e. The molecule has 0 aliphatic carbocycles. The molecule has 12 heteroatoms. The van der Waals surface area contributed by atoms with Crippen LogP contribution in [0.15, 0.2) is 35.0 Å². The van der Waals surface area contributed by atoms with E-state index in [-0.39, 0.29) is 6.61 Å². The lowest BCUT2D eigenvalue weighted by molar-refractivity contribution is -0.159. The number of carbonyl (C=O) groups excluding carboxylic acids is 1. The van der Waals surface area contributed by atoms with Gasteiger partial charge in [0.2, 0.25) is 5.82 Å². The maximum atomic E-state index is 14.2. The van der Waals surface area contributed by atoms with Crippen LogP contribution in [-0.4, -0.2) is 21.2 Å². The number of anilines is 1. The van der Waals surface area contributed by atoms with Crippen molar-refractivity contribution in [1.82, 2.24) is 15.1 Å². The number of hydrogen-bond acceptors (Lipinski definition) is 6. The number of ether oxygens (including phenoxy) is 1. The van der Waals surface area contributed by atoms with E-state index in [0.717, 1.165) is 0 Å². The monoisotopic (exact) mass is 414 g/mol. The summed E-state index contributed by atoms with van der Waals surface area (Å²) in [6, 6.07) is 4.58. The predicted molar refractivity (Wildman–Crippen MR) is 87.4 cm³/mol. The molecule has 29 heavy (non-hydrogen) atoms. The summed E-state index contributed by atoms with van der Waals surface area (Å²) in [5, 5.41) is 4.94. The number of aromatic nitrogens is 3. The number of halogens is 5. The van der Waals surface area contributed by atoms with Gasteiger partial charge in [0.05, 0.1) is 0 Å². The van der Waals surface area contributed by atoms with E-state index in [9.17, 15) is 26.7 Å². The molecule has 1 N–H and O–H groups in total. The first-order valence-corrected chi connectivity index (χ1v) is 7.89. The minimum absolute atomic E-state index is 0.185. The number of carbonyl (C=O) groups is 1. The molecule has 3 aromatic rings. The summed E-state index contributed by atoms with van der Waals surface area (Å²) in [6.45, 7) is 1.51. The summed E-state index contributed by atoms with van der Waals surface area (Å²) < 4.78 is 74.8. The SMILES string of the molecule is Cc1ncccc1COC(=O)Nc1c(F)cc(-c2noc(C(F)(F)F)n2)cc1F. The summed E-state index contributed by atoms with van der Waals surface area (Å²) in [4.78, 5) is 18.9. The van der Waals surface area contributed by atoms with Crippen LogP contribution in [0.5, 0.6) is 0 Å². The molecule has 0 aliphatic heterocycles. The van der Waals surface area contributed by atoms with Crippen LogP contribution in [0.3, 0.4) is 0 Å². The van der Waals surface area contributed by atoms with Gasteiger partial charge in [-0.25, -0.2) is 13.6 Å². The van der Waals surface area contributed by atoms with Crippen molar-refractivity contribution < 1.29 is 36.0 Å². The number of nitrogens with one attached hydrogen (secondary N) is 1. The third-order valence-corrected chi connectivity index (χ3v) is 3.67. The Kier molecular flexibility index (Phi) is 5.43. The van der Waals surface area contributed by atoms with Crippen molar-refractivity contribution in [2.24, 2.45) is 0 Å². The first-order chi connectivity index (χ1) is 13.6. The van der Waals surface area contributed by atoms with Crippen molar-refractivity contribution in [2.75, 3.05) is 5.32 Å². The zero-order chi connectivity index (χ0) is 21.2. The number of hydrogen-bond donors (Lipinski definition) is 1. The standard InChI is InChI=1S/C17H11F5N4O3/c1-8-9(3-2-4-23-8)7-28-16(27)24-13-11(18)5-10(6-12(13)19)14-25-15(29-26-14)17(20,21)22/h2-6H,7H2,1H3,(H,24,27). The van der Waals surface area contributed by atoms with Crippen molar-refractivity contribution in [1.29, 1.82) is 0 Å². The van der Waals surface area contributed by atoms with Crippen molar-refractivity contribution in [3.05, 3.63) is 59.2 Å². The van der Waals surface area contributed by atoms with Gasteiger partial charge in [-0.2, -0.15) is 18.2 Å². The van der Waals surface area contributed by atoms with Crippen LogP contribution >= 0.6 is 0 Å². The van der Waals surface area contributed by atoms with Gasteiger partial charge in [0, 0.05) is 23.0 Å². The van der Waals surface area contributed by atoms with Gasteiger partial charge in [0.15, 0.2) is 11.6 Å². The van der Waals surface area contributed by atoms with Gasteiger partial charge >= 0.3 is 18.2 Å². The van der Waals surface area contributed by atoms with Crippen LogP contribution < -0.4 is 5.32 Å². The second-order valence-corrected chi connectivity index (χ2v) is 5.68. The Morgan fingerprint density at radius 1 is 1.24 bits per heavy atom. The molecule has 7 nitrogen and oxygen atoms in total. The molecule has 0 spiro atoms. The van der Waals surface area contributed by atoms with Gasteiger partial charge in [0.25, 0.3) is 0 Å². The summed E-state index contributed by atoms with van der Waals surface area (Å²) in [7, 11) is 0. The molecule has 152 valence electrons. The molecule has 1 amide bonds. The van der Waals surface area contributed by atoms with Gasteiger partial charge in [0.1, 0.15) is 12.3 Å². The first-order valence-electron chi connectivity index (χ1n) is 7.89. The maximum absolute atomic E-state index is 14.2. The average Bonchev–Trinajstić information content (AvgIpc) is 3.14. The van der Waals surface area contributed by atoms with Gasteiger partial charge in [-0.15, -0.1) is 0 Å². The van der Waals surface area contributed by atoms with Gasteiger partial charge in [-0.1, -0.05) is 11.2 Å². The lowest BCUT2D eigenvalue weighted by atomic mass is 10.1. The summed E-state index contributed by atoms with van der Waals surface area (Å²) in [5.74, 6) is -4.87. The van der Waals surface area contributed by atoms with E-state index in [2.05, 4.69) is 19.6 Å². The molecule has 0 saturated carbocycles. The highest BCUT2D eigenvalue weighted by atomic mass is 19.4. The Balaban J connectivity index is 1.73. The van der Waals surface area contributed by atoms with E-state index in [0.29, 0.717) is 23.4 Å². The van der Waals surface area contributed by atoms with E-state index < -0.39 is 46.9 Å². The highest BCUT2D eigenvalue weighted by Crippen LogP contribution is 2.31. The van der Waals surface area contributed by atoms with Crippen molar-refractivity contribution >= 4 is 11.8 Å². The zero-order valence-corrected chi connectivity index (χ0v) is 14.6. The molecule has 0 unspecified atom stereocenters. The van der Waals surface area contributed by atoms with E-state index >= 15 is 0 Å². The van der Waals surface area contributed by atoms with Crippen LogP contribution in [0.2, 0.25) is 0 Å². The Hall–Kier alpha value is -3.57. The van der Waals surface area contributed by atoms with Crippen LogP contribution in [0.25, 0.3) is 11.4 Å². The number of nitrogens with zero attached hydrogens (tertiary/aromatic N) is 3. The van der Waals surface area contributed by atoms with Crippen molar-refractivity contribution in [3.63, 3.8) is 0 Å². The largest absolute Gasteiger partial charge is 0.471 e. The smallest absolute Gasteiger partial charge is 0.444 e. The summed E-state index contributed by atoms with van der Waals surface area (Å²) in [5.41, 5.74) is -0.0535. The van der Waals surface area contributed by atoms with E-state index in [4.69, 9.17) is 4.74 Å². The third kappa shape index (κ3) is 4.65. The zero-order valence-electron chi connectivity index (χ0n) is 14.6. The lowest BCUT2D eigenvalue weighted by Gasteiger charge is -2.10. The quantitative estimate of drug-likeness (QED) is 0.633. The molecule has 1 aromatic carbocycles. The molecule has 0 radical (unpaired) electrons. The third-order valence-electron chi connectivity index (χ3n) is 3.67. The van der Waals surface area contributed by atoms with Crippen molar-refractivity contribution in [3.8, 4) is 11.4 Å². The van der Waals surface area contributed by atoms with Crippen LogP contribution in [0.1, 0.15) is 17.1 Å². The number of rotatable bonds is 4. The highest BCUT2D eigenvalue weighted by molar-refractivity contribution is 5.85. The van der Waals surface area contributed by atoms with Gasteiger partial charge < -0.3 is 9.26 Å². The Bertz CT molecular complexity index is 1030. The number of benzene rings is 1. The molecule has 0 aliphatic rings. The molecular formula is C17H11F5N4O3. The van der Waals surface area contributed by atoms with Gasteiger partial charge in [-0.05, 0) is 25.1 Å². The second-order valence-electron chi connectivity index (χ2n) is 5.68. The number of amides is 1. The Morgan fingerprint density at radius 2 is 1.93 bits per heavy atom. The fourth-order valence-corrected chi connectivity index (χ4v) is 2.23. The maximum Gasteiger partial charge on any atom is 0.471 e. The van der Waals surface area contributed by atoms with E-state index in [1.807, 2.05) is 5.32 Å². The minimum atomic E-state index is -4.90. The van der Waals surface area contributed by atoms with Crippen molar-refractivity contribution in [2.45, 2.75) is 19.7 Å². The Labute approximate surface area is 159 Å². The van der Waals surface area contributed by atoms with E-state index in [1.165, 1.54) is 0 Å². The average molecular weight is 414 g/mol. The molecule has 0 saturated heterocycles.